The molecule has 0 saturated carbocycles. The molecule has 31 heavy (non-hydrogen) atoms. The fourth-order valence-corrected chi connectivity index (χ4v) is 3.97. The second-order valence-electron chi connectivity index (χ2n) is 7.91. The van der Waals surface area contributed by atoms with Crippen molar-refractivity contribution in [2.24, 2.45) is 0 Å². The topological polar surface area (TPSA) is 75.9 Å². The first-order valence-corrected chi connectivity index (χ1v) is 10.7. The van der Waals surface area contributed by atoms with Crippen LogP contribution >= 0.6 is 0 Å². The van der Waals surface area contributed by atoms with Crippen LogP contribution in [-0.4, -0.2) is 44.6 Å². The maximum absolute atomic E-state index is 13.0. The van der Waals surface area contributed by atoms with Crippen LogP contribution < -0.4 is 10.2 Å². The molecule has 1 aromatic carbocycles. The summed E-state index contributed by atoms with van der Waals surface area (Å²) < 4.78 is 14.8. The minimum atomic E-state index is -0.249. The zero-order chi connectivity index (χ0) is 21.6. The Morgan fingerprint density at radius 2 is 2.06 bits per heavy atom. The Kier molecular flexibility index (Phi) is 6.54. The SMILES string of the molecule is Cc1cc(N2CCCCC2CC(=O)NCCc2ccc(F)cc2)nc(-n2ccnc2)n1. The number of benzene rings is 1. The van der Waals surface area contributed by atoms with Crippen LogP contribution in [0.5, 0.6) is 0 Å². The number of aryl methyl sites for hydroxylation is 1. The summed E-state index contributed by atoms with van der Waals surface area (Å²) in [6, 6.07) is 8.46. The molecule has 1 aliphatic heterocycles. The number of carbonyl (C=O) groups is 1. The Bertz CT molecular complexity index is 1010. The zero-order valence-corrected chi connectivity index (χ0v) is 17.7. The molecule has 1 atom stereocenters. The average molecular weight is 423 g/mol. The molecule has 0 spiro atoms. The molecular formula is C23H27FN6O. The minimum Gasteiger partial charge on any atom is -0.356 e. The van der Waals surface area contributed by atoms with E-state index in [1.165, 1.54) is 12.1 Å². The Labute approximate surface area is 181 Å². The summed E-state index contributed by atoms with van der Waals surface area (Å²) in [5.74, 6) is 1.21. The second kappa shape index (κ2) is 9.68. The van der Waals surface area contributed by atoms with Crippen LogP contribution in [0, 0.1) is 12.7 Å². The van der Waals surface area contributed by atoms with Gasteiger partial charge in [0.1, 0.15) is 18.0 Å². The van der Waals surface area contributed by atoms with Crippen LogP contribution in [0.2, 0.25) is 0 Å². The molecule has 3 heterocycles. The molecule has 3 aromatic rings. The highest BCUT2D eigenvalue weighted by Crippen LogP contribution is 2.26. The molecule has 1 saturated heterocycles. The first-order chi connectivity index (χ1) is 15.1. The van der Waals surface area contributed by atoms with Gasteiger partial charge >= 0.3 is 0 Å². The van der Waals surface area contributed by atoms with Crippen molar-refractivity contribution in [3.05, 3.63) is 66.1 Å². The van der Waals surface area contributed by atoms with Gasteiger partial charge in [0.2, 0.25) is 11.9 Å². The van der Waals surface area contributed by atoms with Gasteiger partial charge in [0.15, 0.2) is 0 Å². The summed E-state index contributed by atoms with van der Waals surface area (Å²) in [5.41, 5.74) is 1.88. The highest BCUT2D eigenvalue weighted by molar-refractivity contribution is 5.77. The lowest BCUT2D eigenvalue weighted by Gasteiger charge is -2.36. The lowest BCUT2D eigenvalue weighted by Crippen LogP contribution is -2.43. The summed E-state index contributed by atoms with van der Waals surface area (Å²) in [7, 11) is 0. The van der Waals surface area contributed by atoms with E-state index in [1.807, 2.05) is 19.2 Å². The van der Waals surface area contributed by atoms with E-state index in [9.17, 15) is 9.18 Å². The van der Waals surface area contributed by atoms with Gasteiger partial charge in [0.05, 0.1) is 0 Å². The summed E-state index contributed by atoms with van der Waals surface area (Å²) in [6.45, 7) is 3.36. The molecule has 162 valence electrons. The van der Waals surface area contributed by atoms with Gasteiger partial charge in [0, 0.05) is 49.7 Å². The van der Waals surface area contributed by atoms with Crippen LogP contribution in [0.1, 0.15) is 36.9 Å². The first-order valence-electron chi connectivity index (χ1n) is 10.7. The van der Waals surface area contributed by atoms with Gasteiger partial charge in [-0.2, -0.15) is 4.98 Å². The monoisotopic (exact) mass is 422 g/mol. The van der Waals surface area contributed by atoms with Gasteiger partial charge in [-0.1, -0.05) is 12.1 Å². The largest absolute Gasteiger partial charge is 0.356 e. The number of amides is 1. The third-order valence-corrected chi connectivity index (χ3v) is 5.56. The van der Waals surface area contributed by atoms with Gasteiger partial charge in [-0.05, 0) is 50.3 Å². The van der Waals surface area contributed by atoms with Crippen molar-refractivity contribution in [2.45, 2.75) is 45.1 Å². The highest BCUT2D eigenvalue weighted by atomic mass is 19.1. The number of carbonyl (C=O) groups excluding carboxylic acids is 1. The summed E-state index contributed by atoms with van der Waals surface area (Å²) in [6.07, 6.45) is 9.43. The van der Waals surface area contributed by atoms with E-state index in [1.54, 1.807) is 29.2 Å². The van der Waals surface area contributed by atoms with Gasteiger partial charge in [-0.3, -0.25) is 9.36 Å². The first kappa shape index (κ1) is 21.0. The number of hydrogen-bond acceptors (Lipinski definition) is 5. The average Bonchev–Trinajstić information content (AvgIpc) is 3.30. The van der Waals surface area contributed by atoms with Crippen molar-refractivity contribution < 1.29 is 9.18 Å². The molecule has 1 unspecified atom stereocenters. The van der Waals surface area contributed by atoms with E-state index in [-0.39, 0.29) is 17.8 Å². The Balaban J connectivity index is 1.39. The number of piperidine rings is 1. The molecule has 1 aliphatic rings. The van der Waals surface area contributed by atoms with Crippen molar-refractivity contribution in [2.75, 3.05) is 18.0 Å². The normalized spacial score (nSPS) is 16.3. The maximum Gasteiger partial charge on any atom is 0.237 e. The molecule has 0 radical (unpaired) electrons. The number of hydrogen-bond donors (Lipinski definition) is 1. The Morgan fingerprint density at radius 1 is 1.23 bits per heavy atom. The molecule has 8 heteroatoms. The lowest BCUT2D eigenvalue weighted by atomic mass is 9.99. The van der Waals surface area contributed by atoms with Crippen LogP contribution in [0.3, 0.4) is 0 Å². The predicted molar refractivity (Wildman–Crippen MR) is 117 cm³/mol. The number of nitrogens with one attached hydrogen (secondary N) is 1. The molecular weight excluding hydrogens is 395 g/mol. The van der Waals surface area contributed by atoms with Gasteiger partial charge in [-0.25, -0.2) is 14.4 Å². The molecule has 0 aliphatic carbocycles. The second-order valence-corrected chi connectivity index (χ2v) is 7.91. The Morgan fingerprint density at radius 3 is 2.84 bits per heavy atom. The number of halogens is 1. The zero-order valence-electron chi connectivity index (χ0n) is 17.7. The standard InChI is InChI=1S/C23H27FN6O/c1-17-14-21(28-23(27-17)29-13-11-25-16-29)30-12-3-2-4-20(30)15-22(31)26-10-9-18-5-7-19(24)8-6-18/h5-8,11,13-14,16,20H,2-4,9-10,12,15H2,1H3,(H,26,31). The molecule has 4 rings (SSSR count). The summed E-state index contributed by atoms with van der Waals surface area (Å²) >= 11 is 0. The number of rotatable bonds is 7. The third kappa shape index (κ3) is 5.45. The van der Waals surface area contributed by atoms with Crippen molar-refractivity contribution >= 4 is 11.7 Å². The quantitative estimate of drug-likeness (QED) is 0.633. The van der Waals surface area contributed by atoms with Gasteiger partial charge in [0.25, 0.3) is 0 Å². The predicted octanol–water partition coefficient (Wildman–Crippen LogP) is 3.22. The maximum atomic E-state index is 13.0. The van der Waals surface area contributed by atoms with Crippen LogP contribution in [0.4, 0.5) is 10.2 Å². The molecule has 1 amide bonds. The van der Waals surface area contributed by atoms with Crippen LogP contribution in [0.25, 0.3) is 5.95 Å². The van der Waals surface area contributed by atoms with E-state index < -0.39 is 0 Å². The molecule has 2 aromatic heterocycles. The van der Waals surface area contributed by atoms with E-state index >= 15 is 0 Å². The van der Waals surface area contributed by atoms with E-state index in [0.29, 0.717) is 25.3 Å². The smallest absolute Gasteiger partial charge is 0.237 e. The van der Waals surface area contributed by atoms with Crippen LogP contribution in [0.15, 0.2) is 49.1 Å². The third-order valence-electron chi connectivity index (χ3n) is 5.56. The number of imidazole rings is 1. The number of anilines is 1. The van der Waals surface area contributed by atoms with Crippen molar-refractivity contribution in [3.8, 4) is 5.95 Å². The fourth-order valence-electron chi connectivity index (χ4n) is 3.97. The van der Waals surface area contributed by atoms with E-state index in [2.05, 4.69) is 20.2 Å². The molecule has 7 nitrogen and oxygen atoms in total. The van der Waals surface area contributed by atoms with E-state index in [0.717, 1.165) is 42.9 Å². The Hall–Kier alpha value is -3.29. The van der Waals surface area contributed by atoms with Crippen molar-refractivity contribution in [1.82, 2.24) is 24.8 Å². The van der Waals surface area contributed by atoms with Gasteiger partial charge in [-0.15, -0.1) is 0 Å². The van der Waals surface area contributed by atoms with Crippen molar-refractivity contribution in [3.63, 3.8) is 0 Å². The number of aromatic nitrogens is 4. The minimum absolute atomic E-state index is 0.0274. The lowest BCUT2D eigenvalue weighted by molar-refractivity contribution is -0.121. The summed E-state index contributed by atoms with van der Waals surface area (Å²) in [4.78, 5) is 28.2. The molecule has 1 fully saturated rings. The van der Waals surface area contributed by atoms with Gasteiger partial charge < -0.3 is 10.2 Å². The van der Waals surface area contributed by atoms with E-state index in [4.69, 9.17) is 4.98 Å². The number of nitrogens with zero attached hydrogens (tertiary/aromatic N) is 5. The highest BCUT2D eigenvalue weighted by Gasteiger charge is 2.26. The fraction of sp³-hybridized carbons (Fsp3) is 0.391. The molecule has 0 bridgehead atoms. The molecule has 1 N–H and O–H groups in total. The summed E-state index contributed by atoms with van der Waals surface area (Å²) in [5, 5.41) is 3.01. The van der Waals surface area contributed by atoms with Crippen LogP contribution in [-0.2, 0) is 11.2 Å². The van der Waals surface area contributed by atoms with Crippen molar-refractivity contribution in [1.29, 1.82) is 0 Å².